The van der Waals surface area contributed by atoms with Gasteiger partial charge in [-0.05, 0) is 81.3 Å². The number of aromatic nitrogens is 1. The third-order valence-corrected chi connectivity index (χ3v) is 6.10. The molecular formula is C23H32N4. The Labute approximate surface area is 163 Å². The van der Waals surface area contributed by atoms with Crippen LogP contribution < -0.4 is 11.1 Å². The molecular weight excluding hydrogens is 332 g/mol. The highest BCUT2D eigenvalue weighted by atomic mass is 15.2. The van der Waals surface area contributed by atoms with Crippen molar-refractivity contribution in [2.45, 2.75) is 57.0 Å². The molecule has 2 atom stereocenters. The quantitative estimate of drug-likeness (QED) is 0.731. The first-order valence-corrected chi connectivity index (χ1v) is 10.6. The van der Waals surface area contributed by atoms with Gasteiger partial charge in [0.25, 0.3) is 0 Å². The Balaban J connectivity index is 1.50. The summed E-state index contributed by atoms with van der Waals surface area (Å²) in [6, 6.07) is 14.1. The van der Waals surface area contributed by atoms with E-state index >= 15 is 0 Å². The minimum atomic E-state index is 0.451. The molecule has 27 heavy (non-hydrogen) atoms. The number of pyridine rings is 1. The maximum atomic E-state index is 5.76. The Morgan fingerprint density at radius 2 is 1.93 bits per heavy atom. The minimum absolute atomic E-state index is 0.451. The Morgan fingerprint density at radius 3 is 2.85 bits per heavy atom. The van der Waals surface area contributed by atoms with Crippen LogP contribution in [0.1, 0.15) is 55.0 Å². The number of hydrogen-bond acceptors (Lipinski definition) is 4. The van der Waals surface area contributed by atoms with Gasteiger partial charge in [0.15, 0.2) is 0 Å². The molecule has 0 bridgehead atoms. The molecule has 1 unspecified atom stereocenters. The van der Waals surface area contributed by atoms with Gasteiger partial charge in [0.05, 0.1) is 11.7 Å². The topological polar surface area (TPSA) is 54.2 Å². The Hall–Kier alpha value is -1.91. The zero-order chi connectivity index (χ0) is 18.5. The van der Waals surface area contributed by atoms with E-state index in [-0.39, 0.29) is 0 Å². The summed E-state index contributed by atoms with van der Waals surface area (Å²) in [7, 11) is 0. The SMILES string of the molecule is NCCCCN(C[C@@H]1CCc2ccccc2N1)C1CCCc2cccnc21. The van der Waals surface area contributed by atoms with Crippen molar-refractivity contribution in [3.8, 4) is 0 Å². The highest BCUT2D eigenvalue weighted by Crippen LogP contribution is 2.34. The molecule has 0 saturated heterocycles. The fourth-order valence-electron chi connectivity index (χ4n) is 4.69. The lowest BCUT2D eigenvalue weighted by molar-refractivity contribution is 0.162. The summed E-state index contributed by atoms with van der Waals surface area (Å²) >= 11 is 0. The second-order valence-electron chi connectivity index (χ2n) is 7.98. The second kappa shape index (κ2) is 8.85. The summed E-state index contributed by atoms with van der Waals surface area (Å²) in [4.78, 5) is 7.48. The van der Waals surface area contributed by atoms with Crippen LogP contribution in [0.4, 0.5) is 5.69 Å². The fourth-order valence-corrected chi connectivity index (χ4v) is 4.69. The smallest absolute Gasteiger partial charge is 0.0607 e. The van der Waals surface area contributed by atoms with Gasteiger partial charge in [-0.3, -0.25) is 9.88 Å². The molecule has 1 aliphatic carbocycles. The lowest BCUT2D eigenvalue weighted by Crippen LogP contribution is -2.42. The number of nitrogens with zero attached hydrogens (tertiary/aromatic N) is 2. The zero-order valence-corrected chi connectivity index (χ0v) is 16.2. The standard InChI is InChI=1S/C23H32N4/c24-14-3-4-16-27(22-11-5-8-19-9-6-15-25-23(19)22)17-20-13-12-18-7-1-2-10-21(18)26-20/h1-2,6-7,9-10,15,20,22,26H,3-5,8,11-14,16-17,24H2/t20-,22?/m0/s1. The summed E-state index contributed by atoms with van der Waals surface area (Å²) in [5.41, 5.74) is 11.3. The van der Waals surface area contributed by atoms with Crippen molar-refractivity contribution >= 4 is 5.69 Å². The molecule has 4 rings (SSSR count). The first-order chi connectivity index (χ1) is 13.3. The van der Waals surface area contributed by atoms with Gasteiger partial charge in [0.2, 0.25) is 0 Å². The number of hydrogen-bond donors (Lipinski definition) is 2. The normalized spacial score (nSPS) is 21.4. The number of rotatable bonds is 7. The van der Waals surface area contributed by atoms with Crippen molar-refractivity contribution in [2.75, 3.05) is 25.0 Å². The minimum Gasteiger partial charge on any atom is -0.381 e. The molecule has 2 aromatic rings. The number of aryl methyl sites for hydroxylation is 2. The maximum absolute atomic E-state index is 5.76. The number of nitrogens with two attached hydrogens (primary N) is 1. The van der Waals surface area contributed by atoms with Crippen LogP contribution in [-0.4, -0.2) is 35.6 Å². The van der Waals surface area contributed by atoms with E-state index in [0.717, 1.165) is 26.1 Å². The third-order valence-electron chi connectivity index (χ3n) is 6.10. The van der Waals surface area contributed by atoms with E-state index in [9.17, 15) is 0 Å². The van der Waals surface area contributed by atoms with Gasteiger partial charge in [-0.1, -0.05) is 24.3 Å². The summed E-state index contributed by atoms with van der Waals surface area (Å²) < 4.78 is 0. The van der Waals surface area contributed by atoms with Gasteiger partial charge in [0.1, 0.15) is 0 Å². The largest absolute Gasteiger partial charge is 0.381 e. The van der Waals surface area contributed by atoms with E-state index in [2.05, 4.69) is 46.6 Å². The lowest BCUT2D eigenvalue weighted by Gasteiger charge is -2.38. The maximum Gasteiger partial charge on any atom is 0.0607 e. The molecule has 2 heterocycles. The number of para-hydroxylation sites is 1. The Kier molecular flexibility index (Phi) is 6.05. The van der Waals surface area contributed by atoms with Gasteiger partial charge < -0.3 is 11.1 Å². The lowest BCUT2D eigenvalue weighted by atomic mass is 9.90. The molecule has 4 nitrogen and oxygen atoms in total. The first-order valence-electron chi connectivity index (χ1n) is 10.6. The van der Waals surface area contributed by atoms with Crippen LogP contribution in [0.2, 0.25) is 0 Å². The van der Waals surface area contributed by atoms with E-state index in [1.165, 1.54) is 61.0 Å². The molecule has 0 saturated carbocycles. The van der Waals surface area contributed by atoms with Crippen molar-refractivity contribution < 1.29 is 0 Å². The highest BCUT2D eigenvalue weighted by Gasteiger charge is 2.29. The second-order valence-corrected chi connectivity index (χ2v) is 7.98. The summed E-state index contributed by atoms with van der Waals surface area (Å²) in [6.45, 7) is 2.97. The van der Waals surface area contributed by atoms with Gasteiger partial charge >= 0.3 is 0 Å². The van der Waals surface area contributed by atoms with E-state index in [1.54, 1.807) is 0 Å². The molecule has 1 aliphatic heterocycles. The zero-order valence-electron chi connectivity index (χ0n) is 16.2. The van der Waals surface area contributed by atoms with E-state index in [0.29, 0.717) is 12.1 Å². The average molecular weight is 365 g/mol. The average Bonchev–Trinajstić information content (AvgIpc) is 2.73. The van der Waals surface area contributed by atoms with Gasteiger partial charge in [0, 0.05) is 24.5 Å². The van der Waals surface area contributed by atoms with Crippen molar-refractivity contribution in [1.82, 2.24) is 9.88 Å². The van der Waals surface area contributed by atoms with Crippen LogP contribution in [0.3, 0.4) is 0 Å². The van der Waals surface area contributed by atoms with Crippen LogP contribution in [-0.2, 0) is 12.8 Å². The van der Waals surface area contributed by atoms with Crippen molar-refractivity contribution in [3.63, 3.8) is 0 Å². The molecule has 0 amide bonds. The van der Waals surface area contributed by atoms with Gasteiger partial charge in [-0.2, -0.15) is 0 Å². The molecule has 3 N–H and O–H groups in total. The highest BCUT2D eigenvalue weighted by molar-refractivity contribution is 5.53. The molecule has 0 spiro atoms. The van der Waals surface area contributed by atoms with Crippen LogP contribution in [0, 0.1) is 0 Å². The monoisotopic (exact) mass is 364 g/mol. The number of benzene rings is 1. The summed E-state index contributed by atoms with van der Waals surface area (Å²) in [6.07, 6.45) is 10.2. The molecule has 0 radical (unpaired) electrons. The molecule has 144 valence electrons. The van der Waals surface area contributed by atoms with Crippen molar-refractivity contribution in [1.29, 1.82) is 0 Å². The molecule has 1 aromatic carbocycles. The first kappa shape index (κ1) is 18.5. The fraction of sp³-hybridized carbons (Fsp3) is 0.522. The number of anilines is 1. The van der Waals surface area contributed by atoms with Gasteiger partial charge in [-0.15, -0.1) is 0 Å². The van der Waals surface area contributed by atoms with E-state index in [4.69, 9.17) is 10.7 Å². The molecule has 2 aliphatic rings. The number of fused-ring (bicyclic) bond motifs is 2. The summed E-state index contributed by atoms with van der Waals surface area (Å²) in [5, 5.41) is 3.79. The number of nitrogens with one attached hydrogen (secondary N) is 1. The Morgan fingerprint density at radius 1 is 1.04 bits per heavy atom. The van der Waals surface area contributed by atoms with E-state index < -0.39 is 0 Å². The van der Waals surface area contributed by atoms with Crippen LogP contribution in [0.5, 0.6) is 0 Å². The van der Waals surface area contributed by atoms with Crippen molar-refractivity contribution in [2.24, 2.45) is 5.73 Å². The van der Waals surface area contributed by atoms with Crippen LogP contribution in [0.15, 0.2) is 42.6 Å². The number of unbranched alkanes of at least 4 members (excludes halogenated alkanes) is 1. The summed E-state index contributed by atoms with van der Waals surface area (Å²) in [5.74, 6) is 0. The predicted molar refractivity (Wildman–Crippen MR) is 112 cm³/mol. The molecule has 1 aromatic heterocycles. The predicted octanol–water partition coefficient (Wildman–Crippen LogP) is 3.93. The molecule has 4 heteroatoms. The Bertz CT molecular complexity index is 745. The van der Waals surface area contributed by atoms with Crippen molar-refractivity contribution in [3.05, 3.63) is 59.4 Å². The van der Waals surface area contributed by atoms with Gasteiger partial charge in [-0.25, -0.2) is 0 Å². The molecule has 0 fully saturated rings. The van der Waals surface area contributed by atoms with E-state index in [1.807, 2.05) is 6.20 Å². The van der Waals surface area contributed by atoms with Crippen LogP contribution in [0.25, 0.3) is 0 Å². The van der Waals surface area contributed by atoms with Crippen LogP contribution >= 0.6 is 0 Å². The third kappa shape index (κ3) is 4.33.